The second-order valence-corrected chi connectivity index (χ2v) is 7.68. The SMILES string of the molecule is CCCC(CCC)(NC1CC1)c1nc2c(s1)CCCC2. The van der Waals surface area contributed by atoms with Gasteiger partial charge in [0, 0.05) is 10.9 Å². The van der Waals surface area contributed by atoms with Gasteiger partial charge in [0.1, 0.15) is 5.01 Å². The Kier molecular flexibility index (Phi) is 4.46. The number of rotatable bonds is 7. The molecule has 2 aliphatic carbocycles. The molecule has 0 bridgehead atoms. The highest BCUT2D eigenvalue weighted by Gasteiger charge is 2.39. The lowest BCUT2D eigenvalue weighted by Gasteiger charge is -2.33. The molecule has 0 atom stereocenters. The first-order valence-electron chi connectivity index (χ1n) is 8.54. The number of nitrogens with one attached hydrogen (secondary N) is 1. The van der Waals surface area contributed by atoms with Crippen LogP contribution in [0.3, 0.4) is 0 Å². The summed E-state index contributed by atoms with van der Waals surface area (Å²) in [6.45, 7) is 4.62. The first-order chi connectivity index (χ1) is 9.77. The fourth-order valence-electron chi connectivity index (χ4n) is 3.57. The van der Waals surface area contributed by atoms with E-state index in [2.05, 4.69) is 19.2 Å². The van der Waals surface area contributed by atoms with Gasteiger partial charge in [0.25, 0.3) is 0 Å². The summed E-state index contributed by atoms with van der Waals surface area (Å²) >= 11 is 2.02. The number of nitrogens with zero attached hydrogens (tertiary/aromatic N) is 1. The van der Waals surface area contributed by atoms with Crippen LogP contribution in [-0.4, -0.2) is 11.0 Å². The van der Waals surface area contributed by atoms with Gasteiger partial charge in [0.2, 0.25) is 0 Å². The van der Waals surface area contributed by atoms with Crippen LogP contribution in [0, 0.1) is 0 Å². The zero-order chi connectivity index (χ0) is 14.0. The molecule has 112 valence electrons. The summed E-state index contributed by atoms with van der Waals surface area (Å²) in [4.78, 5) is 6.68. The zero-order valence-electron chi connectivity index (χ0n) is 13.0. The topological polar surface area (TPSA) is 24.9 Å². The quantitative estimate of drug-likeness (QED) is 0.796. The van der Waals surface area contributed by atoms with E-state index < -0.39 is 0 Å². The Balaban J connectivity index is 1.91. The van der Waals surface area contributed by atoms with Crippen molar-refractivity contribution in [2.24, 2.45) is 0 Å². The average Bonchev–Trinajstić information content (AvgIpc) is 3.14. The molecule has 0 unspecified atom stereocenters. The summed E-state index contributed by atoms with van der Waals surface area (Å²) in [5.41, 5.74) is 1.59. The van der Waals surface area contributed by atoms with Crippen molar-refractivity contribution in [2.75, 3.05) is 0 Å². The van der Waals surface area contributed by atoms with Crippen molar-refractivity contribution in [2.45, 2.75) is 89.6 Å². The van der Waals surface area contributed by atoms with E-state index in [-0.39, 0.29) is 5.54 Å². The largest absolute Gasteiger partial charge is 0.303 e. The molecule has 20 heavy (non-hydrogen) atoms. The Labute approximate surface area is 127 Å². The normalized spacial score (nSPS) is 19.1. The van der Waals surface area contributed by atoms with Gasteiger partial charge < -0.3 is 5.32 Å². The molecular formula is C17H28N2S. The van der Waals surface area contributed by atoms with Crippen LogP contribution in [-0.2, 0) is 18.4 Å². The van der Waals surface area contributed by atoms with E-state index in [1.54, 1.807) is 4.88 Å². The predicted molar refractivity (Wildman–Crippen MR) is 86.4 cm³/mol. The summed E-state index contributed by atoms with van der Waals surface area (Å²) < 4.78 is 0. The third kappa shape index (κ3) is 2.94. The van der Waals surface area contributed by atoms with Gasteiger partial charge in [-0.2, -0.15) is 0 Å². The average molecular weight is 292 g/mol. The van der Waals surface area contributed by atoms with Gasteiger partial charge in [0.15, 0.2) is 0 Å². The number of aromatic nitrogens is 1. The van der Waals surface area contributed by atoms with E-state index in [0.717, 1.165) is 6.04 Å². The van der Waals surface area contributed by atoms with Crippen molar-refractivity contribution < 1.29 is 0 Å². The maximum atomic E-state index is 5.10. The van der Waals surface area contributed by atoms with Gasteiger partial charge in [-0.05, 0) is 51.4 Å². The van der Waals surface area contributed by atoms with Crippen LogP contribution in [0.25, 0.3) is 0 Å². The van der Waals surface area contributed by atoms with Gasteiger partial charge in [-0.1, -0.05) is 26.7 Å². The lowest BCUT2D eigenvalue weighted by molar-refractivity contribution is 0.275. The van der Waals surface area contributed by atoms with Crippen LogP contribution < -0.4 is 5.32 Å². The Morgan fingerprint density at radius 1 is 1.15 bits per heavy atom. The van der Waals surface area contributed by atoms with Gasteiger partial charge in [0.05, 0.1) is 11.2 Å². The first kappa shape index (κ1) is 14.5. The minimum absolute atomic E-state index is 0.173. The van der Waals surface area contributed by atoms with Crippen LogP contribution >= 0.6 is 11.3 Å². The molecule has 0 aliphatic heterocycles. The van der Waals surface area contributed by atoms with Crippen LogP contribution in [0.15, 0.2) is 0 Å². The molecule has 2 nitrogen and oxygen atoms in total. The number of fused-ring (bicyclic) bond motifs is 1. The molecule has 1 heterocycles. The first-order valence-corrected chi connectivity index (χ1v) is 9.36. The van der Waals surface area contributed by atoms with Gasteiger partial charge in [-0.15, -0.1) is 11.3 Å². The fourth-order valence-corrected chi connectivity index (χ4v) is 4.93. The molecule has 3 rings (SSSR count). The van der Waals surface area contributed by atoms with Crippen LogP contribution in [0.1, 0.15) is 80.8 Å². The molecule has 1 fully saturated rings. The second kappa shape index (κ2) is 6.15. The van der Waals surface area contributed by atoms with Gasteiger partial charge in [-0.25, -0.2) is 4.98 Å². The zero-order valence-corrected chi connectivity index (χ0v) is 13.8. The third-order valence-corrected chi connectivity index (χ3v) is 6.03. The molecule has 1 saturated carbocycles. The van der Waals surface area contributed by atoms with E-state index in [1.165, 1.54) is 74.9 Å². The van der Waals surface area contributed by atoms with Crippen LogP contribution in [0.4, 0.5) is 0 Å². The van der Waals surface area contributed by atoms with E-state index in [1.807, 2.05) is 11.3 Å². The molecule has 3 heteroatoms. The van der Waals surface area contributed by atoms with Crippen molar-refractivity contribution in [3.63, 3.8) is 0 Å². The maximum absolute atomic E-state index is 5.10. The third-order valence-electron chi connectivity index (χ3n) is 4.67. The maximum Gasteiger partial charge on any atom is 0.113 e. The van der Waals surface area contributed by atoms with E-state index in [4.69, 9.17) is 4.98 Å². The van der Waals surface area contributed by atoms with Gasteiger partial charge in [-0.3, -0.25) is 0 Å². The molecule has 1 N–H and O–H groups in total. The summed E-state index contributed by atoms with van der Waals surface area (Å²) in [6, 6.07) is 0.758. The Morgan fingerprint density at radius 2 is 1.85 bits per heavy atom. The lowest BCUT2D eigenvalue weighted by Crippen LogP contribution is -2.43. The minimum atomic E-state index is 0.173. The molecule has 0 aromatic carbocycles. The second-order valence-electron chi connectivity index (χ2n) is 6.60. The molecular weight excluding hydrogens is 264 g/mol. The van der Waals surface area contributed by atoms with E-state index >= 15 is 0 Å². The summed E-state index contributed by atoms with van der Waals surface area (Å²) in [7, 11) is 0. The highest BCUT2D eigenvalue weighted by Crippen LogP contribution is 2.40. The number of hydrogen-bond donors (Lipinski definition) is 1. The highest BCUT2D eigenvalue weighted by molar-refractivity contribution is 7.11. The van der Waals surface area contributed by atoms with Crippen LogP contribution in [0.5, 0.6) is 0 Å². The lowest BCUT2D eigenvalue weighted by atomic mass is 9.89. The highest BCUT2D eigenvalue weighted by atomic mass is 32.1. The Hall–Kier alpha value is -0.410. The number of aryl methyl sites for hydroxylation is 2. The van der Waals surface area contributed by atoms with Crippen molar-refractivity contribution in [1.29, 1.82) is 0 Å². The summed E-state index contributed by atoms with van der Waals surface area (Å²) in [5.74, 6) is 0. The molecule has 0 saturated heterocycles. The van der Waals surface area contributed by atoms with Crippen LogP contribution in [0.2, 0.25) is 0 Å². The number of thiazole rings is 1. The standard InChI is InChI=1S/C17H28N2S/c1-3-11-17(12-4-2,19-13-9-10-13)16-18-14-7-5-6-8-15(14)20-16/h13,19H,3-12H2,1-2H3. The molecule has 0 amide bonds. The fraction of sp³-hybridized carbons (Fsp3) is 0.824. The monoisotopic (exact) mass is 292 g/mol. The Bertz CT molecular complexity index is 418. The molecule has 0 spiro atoms. The number of hydrogen-bond acceptors (Lipinski definition) is 3. The summed E-state index contributed by atoms with van der Waals surface area (Å²) in [6.07, 6.45) is 12.9. The van der Waals surface area contributed by atoms with E-state index in [0.29, 0.717) is 0 Å². The van der Waals surface area contributed by atoms with Crippen molar-refractivity contribution in [1.82, 2.24) is 10.3 Å². The van der Waals surface area contributed by atoms with Crippen molar-refractivity contribution >= 4 is 11.3 Å². The van der Waals surface area contributed by atoms with E-state index in [9.17, 15) is 0 Å². The predicted octanol–water partition coefficient (Wildman–Crippen LogP) is 4.57. The molecule has 1 aromatic heterocycles. The Morgan fingerprint density at radius 3 is 2.45 bits per heavy atom. The van der Waals surface area contributed by atoms with Crippen molar-refractivity contribution in [3.05, 3.63) is 15.6 Å². The molecule has 1 aromatic rings. The molecule has 2 aliphatic rings. The van der Waals surface area contributed by atoms with Crippen molar-refractivity contribution in [3.8, 4) is 0 Å². The summed E-state index contributed by atoms with van der Waals surface area (Å²) in [5, 5.41) is 5.38. The van der Waals surface area contributed by atoms with Gasteiger partial charge >= 0.3 is 0 Å². The minimum Gasteiger partial charge on any atom is -0.303 e. The molecule has 0 radical (unpaired) electrons. The smallest absolute Gasteiger partial charge is 0.113 e.